The third-order valence-corrected chi connectivity index (χ3v) is 3.40. The molecule has 1 N–H and O–H groups in total. The number of carbonyl (C=O) groups excluding carboxylic acids is 1. The first kappa shape index (κ1) is 14.6. The van der Waals surface area contributed by atoms with Crippen molar-refractivity contribution < 1.29 is 9.53 Å². The molecule has 0 amide bonds. The van der Waals surface area contributed by atoms with Crippen molar-refractivity contribution >= 4 is 5.97 Å². The predicted octanol–water partition coefficient (Wildman–Crippen LogP) is 0.945. The van der Waals surface area contributed by atoms with Gasteiger partial charge in [-0.05, 0) is 20.3 Å². The van der Waals surface area contributed by atoms with Gasteiger partial charge in [-0.3, -0.25) is 4.79 Å². The highest BCUT2D eigenvalue weighted by molar-refractivity contribution is 5.70. The van der Waals surface area contributed by atoms with Gasteiger partial charge in [0.1, 0.15) is 11.6 Å². The zero-order chi connectivity index (χ0) is 13.8. The van der Waals surface area contributed by atoms with E-state index in [0.29, 0.717) is 13.0 Å². The molecule has 0 saturated carbocycles. The Morgan fingerprint density at radius 1 is 1.50 bits per heavy atom. The minimum absolute atomic E-state index is 0.207. The number of hydrogen-bond acceptors (Lipinski definition) is 5. The largest absolute Gasteiger partial charge is 0.469 e. The average molecular weight is 254 g/mol. The number of ether oxygens (including phenoxy) is 1. The molecule has 6 nitrogen and oxygen atoms in total. The number of aromatic nitrogens is 3. The number of nitrogens with one attached hydrogen (secondary N) is 1. The minimum Gasteiger partial charge on any atom is -0.469 e. The summed E-state index contributed by atoms with van der Waals surface area (Å²) in [7, 11) is 3.33. The molecular weight excluding hydrogens is 232 g/mol. The van der Waals surface area contributed by atoms with Crippen LogP contribution in [-0.4, -0.2) is 33.4 Å². The SMILES string of the molecule is CC[C@@](C)(CC(=O)OC)NCc1nnc(C)n1C. The lowest BCUT2D eigenvalue weighted by atomic mass is 9.94. The van der Waals surface area contributed by atoms with Gasteiger partial charge in [-0.15, -0.1) is 10.2 Å². The summed E-state index contributed by atoms with van der Waals surface area (Å²) in [5.74, 6) is 1.52. The summed E-state index contributed by atoms with van der Waals surface area (Å²) in [6.45, 7) is 6.54. The molecule has 1 heterocycles. The quantitative estimate of drug-likeness (QED) is 0.765. The maximum absolute atomic E-state index is 11.4. The average Bonchev–Trinajstić information content (AvgIpc) is 2.67. The maximum atomic E-state index is 11.4. The molecule has 1 atom stereocenters. The minimum atomic E-state index is -0.285. The van der Waals surface area contributed by atoms with Crippen molar-refractivity contribution in [1.29, 1.82) is 0 Å². The second-order valence-corrected chi connectivity index (χ2v) is 4.74. The normalized spacial score (nSPS) is 14.3. The van der Waals surface area contributed by atoms with Crippen LogP contribution in [0, 0.1) is 6.92 Å². The smallest absolute Gasteiger partial charge is 0.307 e. The molecule has 102 valence electrons. The predicted molar refractivity (Wildman–Crippen MR) is 67.9 cm³/mol. The van der Waals surface area contributed by atoms with E-state index in [1.807, 2.05) is 32.4 Å². The Hall–Kier alpha value is -1.43. The zero-order valence-electron chi connectivity index (χ0n) is 11.8. The third-order valence-electron chi connectivity index (χ3n) is 3.40. The van der Waals surface area contributed by atoms with Crippen molar-refractivity contribution in [1.82, 2.24) is 20.1 Å². The highest BCUT2D eigenvalue weighted by atomic mass is 16.5. The van der Waals surface area contributed by atoms with Gasteiger partial charge in [0.25, 0.3) is 0 Å². The second-order valence-electron chi connectivity index (χ2n) is 4.74. The van der Waals surface area contributed by atoms with Gasteiger partial charge in [-0.1, -0.05) is 6.92 Å². The summed E-state index contributed by atoms with van der Waals surface area (Å²) in [6.07, 6.45) is 1.18. The topological polar surface area (TPSA) is 69.0 Å². The third kappa shape index (κ3) is 3.53. The van der Waals surface area contributed by atoms with Crippen LogP contribution < -0.4 is 5.32 Å². The Labute approximate surface area is 108 Å². The Bertz CT molecular complexity index is 416. The molecule has 0 unspecified atom stereocenters. The number of rotatable bonds is 6. The van der Waals surface area contributed by atoms with Crippen LogP contribution in [0.4, 0.5) is 0 Å². The maximum Gasteiger partial charge on any atom is 0.307 e. The first-order valence-electron chi connectivity index (χ1n) is 6.08. The van der Waals surface area contributed by atoms with Gasteiger partial charge in [0.15, 0.2) is 0 Å². The second kappa shape index (κ2) is 5.95. The summed E-state index contributed by atoms with van der Waals surface area (Å²) in [5.41, 5.74) is -0.285. The van der Waals surface area contributed by atoms with E-state index in [-0.39, 0.29) is 11.5 Å². The van der Waals surface area contributed by atoms with Gasteiger partial charge in [-0.2, -0.15) is 0 Å². The van der Waals surface area contributed by atoms with Crippen LogP contribution in [0.3, 0.4) is 0 Å². The van der Waals surface area contributed by atoms with E-state index in [4.69, 9.17) is 4.74 Å². The standard InChI is InChI=1S/C12H22N4O2/c1-6-12(3,7-11(17)18-5)13-8-10-15-14-9(2)16(10)4/h13H,6-8H2,1-5H3/t12-/m0/s1. The van der Waals surface area contributed by atoms with Crippen molar-refractivity contribution in [2.75, 3.05) is 7.11 Å². The van der Waals surface area contributed by atoms with Crippen molar-refractivity contribution in [2.45, 2.75) is 45.7 Å². The highest BCUT2D eigenvalue weighted by Crippen LogP contribution is 2.16. The molecule has 0 aliphatic heterocycles. The fourth-order valence-corrected chi connectivity index (χ4v) is 1.60. The first-order chi connectivity index (χ1) is 8.41. The van der Waals surface area contributed by atoms with Gasteiger partial charge in [0, 0.05) is 12.6 Å². The summed E-state index contributed by atoms with van der Waals surface area (Å²) < 4.78 is 6.65. The van der Waals surface area contributed by atoms with Gasteiger partial charge < -0.3 is 14.6 Å². The summed E-state index contributed by atoms with van der Waals surface area (Å²) in [5, 5.41) is 11.4. The molecule has 0 fully saturated rings. The Morgan fingerprint density at radius 2 is 2.17 bits per heavy atom. The van der Waals surface area contributed by atoms with Crippen LogP contribution in [0.2, 0.25) is 0 Å². The van der Waals surface area contributed by atoms with Crippen LogP contribution >= 0.6 is 0 Å². The number of aryl methyl sites for hydroxylation is 1. The van der Waals surface area contributed by atoms with Crippen LogP contribution in [0.5, 0.6) is 0 Å². The molecule has 0 spiro atoms. The summed E-state index contributed by atoms with van der Waals surface area (Å²) in [4.78, 5) is 11.4. The van der Waals surface area contributed by atoms with E-state index in [2.05, 4.69) is 15.5 Å². The molecular formula is C12H22N4O2. The van der Waals surface area contributed by atoms with Crippen molar-refractivity contribution in [3.05, 3.63) is 11.6 Å². The van der Waals surface area contributed by atoms with E-state index < -0.39 is 0 Å². The van der Waals surface area contributed by atoms with Gasteiger partial charge >= 0.3 is 5.97 Å². The molecule has 1 rings (SSSR count). The zero-order valence-corrected chi connectivity index (χ0v) is 11.8. The number of hydrogen-bond donors (Lipinski definition) is 1. The molecule has 0 bridgehead atoms. The molecule has 0 aliphatic rings. The number of carbonyl (C=O) groups is 1. The van der Waals surface area contributed by atoms with Crippen molar-refractivity contribution in [3.63, 3.8) is 0 Å². The van der Waals surface area contributed by atoms with Crippen LogP contribution in [0.1, 0.15) is 38.3 Å². The Kier molecular flexibility index (Phi) is 4.84. The van der Waals surface area contributed by atoms with E-state index >= 15 is 0 Å². The first-order valence-corrected chi connectivity index (χ1v) is 6.08. The van der Waals surface area contributed by atoms with Crippen molar-refractivity contribution in [2.24, 2.45) is 7.05 Å². The number of nitrogens with zero attached hydrogens (tertiary/aromatic N) is 3. The van der Waals surface area contributed by atoms with Gasteiger partial charge in [-0.25, -0.2) is 0 Å². The molecule has 0 aliphatic carbocycles. The molecule has 1 aromatic heterocycles. The molecule has 0 saturated heterocycles. The van der Waals surface area contributed by atoms with E-state index in [1.165, 1.54) is 7.11 Å². The van der Waals surface area contributed by atoms with E-state index in [9.17, 15) is 4.79 Å². The molecule has 0 aromatic carbocycles. The van der Waals surface area contributed by atoms with E-state index in [1.54, 1.807) is 0 Å². The summed E-state index contributed by atoms with van der Waals surface area (Å²) in [6, 6.07) is 0. The van der Waals surface area contributed by atoms with Crippen LogP contribution in [-0.2, 0) is 23.1 Å². The lowest BCUT2D eigenvalue weighted by molar-refractivity contribution is -0.142. The fraction of sp³-hybridized carbons (Fsp3) is 0.750. The molecule has 18 heavy (non-hydrogen) atoms. The Morgan fingerprint density at radius 3 is 2.61 bits per heavy atom. The molecule has 0 radical (unpaired) electrons. The molecule has 1 aromatic rings. The lowest BCUT2D eigenvalue weighted by Crippen LogP contribution is -2.43. The highest BCUT2D eigenvalue weighted by Gasteiger charge is 2.26. The Balaban J connectivity index is 2.63. The number of esters is 1. The van der Waals surface area contributed by atoms with Gasteiger partial charge in [0.2, 0.25) is 0 Å². The number of methoxy groups -OCH3 is 1. The van der Waals surface area contributed by atoms with Crippen LogP contribution in [0.15, 0.2) is 0 Å². The fourth-order valence-electron chi connectivity index (χ4n) is 1.60. The monoisotopic (exact) mass is 254 g/mol. The van der Waals surface area contributed by atoms with Gasteiger partial charge in [0.05, 0.1) is 20.1 Å². The lowest BCUT2D eigenvalue weighted by Gasteiger charge is -2.28. The van der Waals surface area contributed by atoms with Crippen molar-refractivity contribution in [3.8, 4) is 0 Å². The molecule has 6 heteroatoms. The summed E-state index contributed by atoms with van der Waals surface area (Å²) >= 11 is 0. The van der Waals surface area contributed by atoms with E-state index in [0.717, 1.165) is 18.1 Å². The van der Waals surface area contributed by atoms with Crippen LogP contribution in [0.25, 0.3) is 0 Å².